The number of carbonyl (C=O) groups is 1. The van der Waals surface area contributed by atoms with E-state index >= 15 is 0 Å². The molecule has 4 rings (SSSR count). The second-order valence-corrected chi connectivity index (χ2v) is 6.43. The van der Waals surface area contributed by atoms with E-state index in [-0.39, 0.29) is 23.7 Å². The van der Waals surface area contributed by atoms with Gasteiger partial charge in [0, 0.05) is 31.1 Å². The van der Waals surface area contributed by atoms with Crippen molar-refractivity contribution in [1.82, 2.24) is 15.1 Å². The maximum absolute atomic E-state index is 11.7. The van der Waals surface area contributed by atoms with Crippen LogP contribution in [0.5, 0.6) is 5.75 Å². The minimum Gasteiger partial charge on any atom is -0.507 e. The van der Waals surface area contributed by atoms with Gasteiger partial charge in [0.15, 0.2) is 5.82 Å². The number of piperazine rings is 1. The Labute approximate surface area is 139 Å². The summed E-state index contributed by atoms with van der Waals surface area (Å²) in [5.74, 6) is 0.744. The minimum atomic E-state index is 0.145. The summed E-state index contributed by atoms with van der Waals surface area (Å²) in [5, 5.41) is 18.2. The van der Waals surface area contributed by atoms with E-state index in [9.17, 15) is 9.90 Å². The molecule has 1 aromatic carbocycles. The summed E-state index contributed by atoms with van der Waals surface area (Å²) in [6.07, 6.45) is 0.589. The Bertz CT molecular complexity index is 801. The van der Waals surface area contributed by atoms with Gasteiger partial charge in [-0.05, 0) is 25.1 Å². The van der Waals surface area contributed by atoms with E-state index in [1.165, 1.54) is 0 Å². The second kappa shape index (κ2) is 5.36. The number of rotatable bonds is 2. The van der Waals surface area contributed by atoms with Crippen molar-refractivity contribution in [3.8, 4) is 17.0 Å². The molecule has 3 N–H and O–H groups in total. The van der Waals surface area contributed by atoms with Crippen LogP contribution in [-0.4, -0.2) is 51.3 Å². The van der Waals surface area contributed by atoms with Gasteiger partial charge in [-0.3, -0.25) is 4.79 Å². The molecule has 1 amide bonds. The lowest BCUT2D eigenvalue weighted by atomic mass is 9.94. The van der Waals surface area contributed by atoms with Crippen LogP contribution in [0, 0.1) is 0 Å². The summed E-state index contributed by atoms with van der Waals surface area (Å²) in [4.78, 5) is 15.8. The number of nitrogens with two attached hydrogens (primary N) is 1. The first-order valence-corrected chi connectivity index (χ1v) is 8.02. The lowest BCUT2D eigenvalue weighted by Crippen LogP contribution is -2.67. The average Bonchev–Trinajstić information content (AvgIpc) is 2.54. The van der Waals surface area contributed by atoms with E-state index in [0.29, 0.717) is 30.0 Å². The van der Waals surface area contributed by atoms with Gasteiger partial charge in [-0.1, -0.05) is 12.1 Å². The Morgan fingerprint density at radius 3 is 2.75 bits per heavy atom. The summed E-state index contributed by atoms with van der Waals surface area (Å²) in [7, 11) is 0. The Kier molecular flexibility index (Phi) is 3.30. The molecule has 2 aliphatic rings. The first-order chi connectivity index (χ1) is 11.5. The highest BCUT2D eigenvalue weighted by Gasteiger charge is 2.44. The maximum atomic E-state index is 11.7. The van der Waals surface area contributed by atoms with Crippen molar-refractivity contribution < 1.29 is 9.90 Å². The number of nitrogen functional groups attached to an aromatic ring is 1. The van der Waals surface area contributed by atoms with Gasteiger partial charge in [0.2, 0.25) is 5.91 Å². The van der Waals surface area contributed by atoms with E-state index in [4.69, 9.17) is 5.73 Å². The summed E-state index contributed by atoms with van der Waals surface area (Å²) in [6.45, 7) is 3.50. The fraction of sp³-hybridized carbons (Fsp3) is 0.353. The Hall–Kier alpha value is -2.83. The fourth-order valence-electron chi connectivity index (χ4n) is 3.65. The Balaban J connectivity index is 1.67. The quantitative estimate of drug-likeness (QED) is 0.807. The van der Waals surface area contributed by atoms with Gasteiger partial charge in [-0.2, -0.15) is 0 Å². The lowest BCUT2D eigenvalue weighted by molar-refractivity contribution is -0.150. The van der Waals surface area contributed by atoms with Crippen LogP contribution in [-0.2, 0) is 4.79 Å². The van der Waals surface area contributed by atoms with Crippen molar-refractivity contribution in [3.63, 3.8) is 0 Å². The molecule has 0 bridgehead atoms. The van der Waals surface area contributed by atoms with Crippen molar-refractivity contribution in [2.75, 3.05) is 23.7 Å². The minimum absolute atomic E-state index is 0.145. The largest absolute Gasteiger partial charge is 0.507 e. The second-order valence-electron chi connectivity index (χ2n) is 6.43. The van der Waals surface area contributed by atoms with Crippen molar-refractivity contribution in [2.45, 2.75) is 25.4 Å². The number of carbonyl (C=O) groups excluding carboxylic acids is 1. The third-order valence-corrected chi connectivity index (χ3v) is 4.80. The molecule has 2 atom stereocenters. The van der Waals surface area contributed by atoms with Crippen LogP contribution in [0.3, 0.4) is 0 Å². The topological polar surface area (TPSA) is 95.6 Å². The molecule has 24 heavy (non-hydrogen) atoms. The smallest absolute Gasteiger partial charge is 0.225 e. The van der Waals surface area contributed by atoms with Crippen LogP contribution < -0.4 is 10.6 Å². The van der Waals surface area contributed by atoms with Crippen LogP contribution >= 0.6 is 0 Å². The number of hydrogen-bond acceptors (Lipinski definition) is 6. The van der Waals surface area contributed by atoms with E-state index < -0.39 is 0 Å². The molecule has 0 radical (unpaired) electrons. The average molecular weight is 325 g/mol. The number of β-lactam (4-membered cyclic amide) rings is 1. The SMILES string of the molecule is CC1CN(c2cc(-c3ccccc3O)nnc2N)CC2CC(=O)N12. The summed E-state index contributed by atoms with van der Waals surface area (Å²) in [6, 6.07) is 9.26. The van der Waals surface area contributed by atoms with E-state index in [1.54, 1.807) is 18.2 Å². The van der Waals surface area contributed by atoms with Crippen molar-refractivity contribution >= 4 is 17.4 Å². The normalized spacial score (nSPS) is 23.0. The lowest BCUT2D eigenvalue weighted by Gasteiger charge is -2.52. The summed E-state index contributed by atoms with van der Waals surface area (Å²) >= 11 is 0. The molecule has 0 spiro atoms. The number of para-hydroxylation sites is 1. The third-order valence-electron chi connectivity index (χ3n) is 4.80. The number of aromatic nitrogens is 2. The van der Waals surface area contributed by atoms with Crippen molar-refractivity contribution in [3.05, 3.63) is 30.3 Å². The number of nitrogens with zero attached hydrogens (tertiary/aromatic N) is 4. The molecule has 3 heterocycles. The zero-order valence-electron chi connectivity index (χ0n) is 13.4. The Morgan fingerprint density at radius 1 is 1.25 bits per heavy atom. The summed E-state index contributed by atoms with van der Waals surface area (Å²) < 4.78 is 0. The first-order valence-electron chi connectivity index (χ1n) is 8.02. The van der Waals surface area contributed by atoms with Crippen LogP contribution in [0.2, 0.25) is 0 Å². The third kappa shape index (κ3) is 2.24. The van der Waals surface area contributed by atoms with Crippen molar-refractivity contribution in [2.24, 2.45) is 0 Å². The fourth-order valence-corrected chi connectivity index (χ4v) is 3.65. The molecule has 1 aromatic heterocycles. The van der Waals surface area contributed by atoms with E-state index in [1.807, 2.05) is 24.0 Å². The molecule has 2 aromatic rings. The van der Waals surface area contributed by atoms with Gasteiger partial charge in [0.1, 0.15) is 5.75 Å². The standard InChI is InChI=1S/C17H19N5O2/c1-10-8-21(9-11-6-16(24)22(10)11)14-7-13(19-20-17(14)18)12-4-2-3-5-15(12)23/h2-5,7,10-11,23H,6,8-9H2,1H3,(H2,18,20). The zero-order valence-corrected chi connectivity index (χ0v) is 13.4. The number of phenols is 1. The number of benzene rings is 1. The zero-order chi connectivity index (χ0) is 16.8. The van der Waals surface area contributed by atoms with Crippen LogP contribution in [0.4, 0.5) is 11.5 Å². The van der Waals surface area contributed by atoms with Crippen LogP contribution in [0.1, 0.15) is 13.3 Å². The molecule has 0 saturated carbocycles. The predicted molar refractivity (Wildman–Crippen MR) is 90.5 cm³/mol. The number of phenolic OH excluding ortho intramolecular Hbond substituents is 1. The highest BCUT2D eigenvalue weighted by molar-refractivity contribution is 5.84. The number of aromatic hydroxyl groups is 1. The number of hydrogen-bond donors (Lipinski definition) is 2. The maximum Gasteiger partial charge on any atom is 0.225 e. The predicted octanol–water partition coefficient (Wildman–Crippen LogP) is 1.24. The number of amides is 1. The molecule has 2 fully saturated rings. The summed E-state index contributed by atoms with van der Waals surface area (Å²) in [5.41, 5.74) is 8.05. The molecule has 0 aliphatic carbocycles. The van der Waals surface area contributed by atoms with Crippen LogP contribution in [0.15, 0.2) is 30.3 Å². The number of fused-ring (bicyclic) bond motifs is 1. The number of anilines is 2. The molecule has 2 saturated heterocycles. The van der Waals surface area contributed by atoms with E-state index in [0.717, 1.165) is 12.2 Å². The molecular formula is C17H19N5O2. The van der Waals surface area contributed by atoms with Gasteiger partial charge in [0.05, 0.1) is 17.4 Å². The van der Waals surface area contributed by atoms with Gasteiger partial charge in [0.25, 0.3) is 0 Å². The monoisotopic (exact) mass is 325 g/mol. The molecule has 124 valence electrons. The Morgan fingerprint density at radius 2 is 2.04 bits per heavy atom. The highest BCUT2D eigenvalue weighted by Crippen LogP contribution is 2.35. The molecule has 2 unspecified atom stereocenters. The van der Waals surface area contributed by atoms with Gasteiger partial charge >= 0.3 is 0 Å². The van der Waals surface area contributed by atoms with Gasteiger partial charge < -0.3 is 20.6 Å². The van der Waals surface area contributed by atoms with Crippen molar-refractivity contribution in [1.29, 1.82) is 0 Å². The molecule has 7 nitrogen and oxygen atoms in total. The van der Waals surface area contributed by atoms with Crippen LogP contribution in [0.25, 0.3) is 11.3 Å². The molecule has 2 aliphatic heterocycles. The highest BCUT2D eigenvalue weighted by atomic mass is 16.3. The molecule has 7 heteroatoms. The first kappa shape index (κ1) is 14.7. The van der Waals surface area contributed by atoms with Gasteiger partial charge in [-0.15, -0.1) is 10.2 Å². The van der Waals surface area contributed by atoms with Gasteiger partial charge in [-0.25, -0.2) is 0 Å². The van der Waals surface area contributed by atoms with E-state index in [2.05, 4.69) is 15.1 Å². The molecular weight excluding hydrogens is 306 g/mol.